The number of hydrogen-bond donors (Lipinski definition) is 1. The standard InChI is InChI=1S/C20H21ClN2O2/c1-12-7-13(2)9-16(8-12)23-11-15(10-19(23)24)20(25)22-18-6-4-5-17(21)14(18)3/h4-9,15H,10-11H2,1-3H3,(H,22,25)/t15-/m1/s1. The first kappa shape index (κ1) is 17.5. The molecule has 0 spiro atoms. The van der Waals surface area contributed by atoms with E-state index in [2.05, 4.69) is 11.4 Å². The summed E-state index contributed by atoms with van der Waals surface area (Å²) in [6.45, 7) is 6.26. The molecule has 0 aliphatic carbocycles. The number of carbonyl (C=O) groups is 2. The molecule has 1 heterocycles. The molecule has 4 nitrogen and oxygen atoms in total. The fourth-order valence-electron chi connectivity index (χ4n) is 3.22. The molecule has 5 heteroatoms. The van der Waals surface area contributed by atoms with Gasteiger partial charge in [-0.3, -0.25) is 9.59 Å². The first-order chi connectivity index (χ1) is 11.8. The van der Waals surface area contributed by atoms with Crippen LogP contribution in [-0.4, -0.2) is 18.4 Å². The summed E-state index contributed by atoms with van der Waals surface area (Å²) in [5.41, 5.74) is 4.58. The lowest BCUT2D eigenvalue weighted by molar-refractivity contribution is -0.122. The largest absolute Gasteiger partial charge is 0.325 e. The Hall–Kier alpha value is -2.33. The number of hydrogen-bond acceptors (Lipinski definition) is 2. The molecule has 1 aliphatic heterocycles. The minimum atomic E-state index is -0.369. The Kier molecular flexibility index (Phi) is 4.82. The van der Waals surface area contributed by atoms with Crippen molar-refractivity contribution >= 4 is 34.8 Å². The molecule has 1 N–H and O–H groups in total. The van der Waals surface area contributed by atoms with Crippen LogP contribution in [0.15, 0.2) is 36.4 Å². The van der Waals surface area contributed by atoms with Crippen LogP contribution >= 0.6 is 11.6 Å². The highest BCUT2D eigenvalue weighted by molar-refractivity contribution is 6.31. The molecule has 3 rings (SSSR count). The third-order valence-electron chi connectivity index (χ3n) is 4.54. The molecule has 1 fully saturated rings. The SMILES string of the molecule is Cc1cc(C)cc(N2C[C@H](C(=O)Nc3cccc(Cl)c3C)CC2=O)c1. The third kappa shape index (κ3) is 3.69. The van der Waals surface area contributed by atoms with Gasteiger partial charge in [0.25, 0.3) is 0 Å². The molecule has 25 heavy (non-hydrogen) atoms. The lowest BCUT2D eigenvalue weighted by Crippen LogP contribution is -2.28. The second-order valence-electron chi connectivity index (χ2n) is 6.65. The van der Waals surface area contributed by atoms with E-state index in [0.29, 0.717) is 17.3 Å². The van der Waals surface area contributed by atoms with Gasteiger partial charge in [0, 0.05) is 29.4 Å². The van der Waals surface area contributed by atoms with E-state index in [4.69, 9.17) is 11.6 Å². The number of anilines is 2. The van der Waals surface area contributed by atoms with Crippen molar-refractivity contribution in [2.45, 2.75) is 27.2 Å². The van der Waals surface area contributed by atoms with Crippen LogP contribution in [0.1, 0.15) is 23.1 Å². The Bertz CT molecular complexity index is 827. The van der Waals surface area contributed by atoms with Crippen molar-refractivity contribution in [3.05, 3.63) is 58.1 Å². The van der Waals surface area contributed by atoms with E-state index in [1.807, 2.05) is 39.0 Å². The second-order valence-corrected chi connectivity index (χ2v) is 7.06. The van der Waals surface area contributed by atoms with Crippen LogP contribution in [0, 0.1) is 26.7 Å². The van der Waals surface area contributed by atoms with Crippen molar-refractivity contribution in [1.82, 2.24) is 0 Å². The zero-order valence-corrected chi connectivity index (χ0v) is 15.4. The van der Waals surface area contributed by atoms with E-state index in [1.54, 1.807) is 17.0 Å². The fraction of sp³-hybridized carbons (Fsp3) is 0.300. The summed E-state index contributed by atoms with van der Waals surface area (Å²) in [4.78, 5) is 26.7. The molecule has 1 atom stereocenters. The predicted molar refractivity (Wildman–Crippen MR) is 101 cm³/mol. The maximum atomic E-state index is 12.6. The zero-order chi connectivity index (χ0) is 18.1. The molecular formula is C20H21ClN2O2. The smallest absolute Gasteiger partial charge is 0.229 e. The maximum absolute atomic E-state index is 12.6. The fourth-order valence-corrected chi connectivity index (χ4v) is 3.39. The van der Waals surface area contributed by atoms with Gasteiger partial charge >= 0.3 is 0 Å². The van der Waals surface area contributed by atoms with Gasteiger partial charge in [0.05, 0.1) is 5.92 Å². The van der Waals surface area contributed by atoms with E-state index in [1.165, 1.54) is 0 Å². The molecular weight excluding hydrogens is 336 g/mol. The van der Waals surface area contributed by atoms with Gasteiger partial charge in [-0.15, -0.1) is 0 Å². The Labute approximate surface area is 152 Å². The Morgan fingerprint density at radius 2 is 1.84 bits per heavy atom. The number of rotatable bonds is 3. The van der Waals surface area contributed by atoms with Gasteiger partial charge < -0.3 is 10.2 Å². The van der Waals surface area contributed by atoms with Crippen molar-refractivity contribution in [2.24, 2.45) is 5.92 Å². The number of halogens is 1. The molecule has 2 aromatic rings. The number of aryl methyl sites for hydroxylation is 2. The van der Waals surface area contributed by atoms with Gasteiger partial charge in [-0.2, -0.15) is 0 Å². The van der Waals surface area contributed by atoms with Crippen molar-refractivity contribution in [3.63, 3.8) is 0 Å². The summed E-state index contributed by atoms with van der Waals surface area (Å²) in [5.74, 6) is -0.537. The molecule has 2 amide bonds. The first-order valence-electron chi connectivity index (χ1n) is 8.30. The quantitative estimate of drug-likeness (QED) is 0.893. The van der Waals surface area contributed by atoms with Crippen molar-refractivity contribution in [1.29, 1.82) is 0 Å². The van der Waals surface area contributed by atoms with Gasteiger partial charge in [-0.05, 0) is 61.7 Å². The van der Waals surface area contributed by atoms with Gasteiger partial charge in [0.2, 0.25) is 11.8 Å². The number of nitrogens with zero attached hydrogens (tertiary/aromatic N) is 1. The lowest BCUT2D eigenvalue weighted by Gasteiger charge is -2.18. The first-order valence-corrected chi connectivity index (χ1v) is 8.67. The molecule has 1 aliphatic rings. The summed E-state index contributed by atoms with van der Waals surface area (Å²) in [6.07, 6.45) is 0.221. The Morgan fingerprint density at radius 1 is 1.16 bits per heavy atom. The Morgan fingerprint density at radius 3 is 2.52 bits per heavy atom. The summed E-state index contributed by atoms with van der Waals surface area (Å²) in [6, 6.07) is 11.4. The number of amides is 2. The van der Waals surface area contributed by atoms with Crippen LogP contribution in [0.5, 0.6) is 0 Å². The maximum Gasteiger partial charge on any atom is 0.229 e. The zero-order valence-electron chi connectivity index (χ0n) is 14.6. The number of benzene rings is 2. The van der Waals surface area contributed by atoms with Gasteiger partial charge in [-0.25, -0.2) is 0 Å². The van der Waals surface area contributed by atoms with Crippen LogP contribution in [0.25, 0.3) is 0 Å². The molecule has 130 valence electrons. The molecule has 0 unspecified atom stereocenters. The number of nitrogens with one attached hydrogen (secondary N) is 1. The van der Waals surface area contributed by atoms with Crippen LogP contribution in [0.3, 0.4) is 0 Å². The van der Waals surface area contributed by atoms with Gasteiger partial charge in [0.15, 0.2) is 0 Å². The minimum absolute atomic E-state index is 0.0204. The van der Waals surface area contributed by atoms with E-state index >= 15 is 0 Å². The van der Waals surface area contributed by atoms with E-state index < -0.39 is 0 Å². The van der Waals surface area contributed by atoms with E-state index in [0.717, 1.165) is 22.4 Å². The monoisotopic (exact) mass is 356 g/mol. The van der Waals surface area contributed by atoms with Crippen LogP contribution < -0.4 is 10.2 Å². The minimum Gasteiger partial charge on any atom is -0.325 e. The average Bonchev–Trinajstić information content (AvgIpc) is 2.93. The van der Waals surface area contributed by atoms with Crippen LogP contribution in [0.2, 0.25) is 5.02 Å². The summed E-state index contributed by atoms with van der Waals surface area (Å²) >= 11 is 6.10. The summed E-state index contributed by atoms with van der Waals surface area (Å²) in [5, 5.41) is 3.51. The highest BCUT2D eigenvalue weighted by Crippen LogP contribution is 2.29. The topological polar surface area (TPSA) is 49.4 Å². The molecule has 1 saturated heterocycles. The second kappa shape index (κ2) is 6.89. The van der Waals surface area contributed by atoms with Gasteiger partial charge in [-0.1, -0.05) is 23.7 Å². The van der Waals surface area contributed by atoms with Gasteiger partial charge in [0.1, 0.15) is 0 Å². The predicted octanol–water partition coefficient (Wildman–Crippen LogP) is 4.26. The normalized spacial score (nSPS) is 17.0. The van der Waals surface area contributed by atoms with Crippen molar-refractivity contribution in [2.75, 3.05) is 16.8 Å². The molecule has 0 bridgehead atoms. The van der Waals surface area contributed by atoms with E-state index in [9.17, 15) is 9.59 Å². The highest BCUT2D eigenvalue weighted by atomic mass is 35.5. The lowest BCUT2D eigenvalue weighted by atomic mass is 10.1. The van der Waals surface area contributed by atoms with Crippen molar-refractivity contribution < 1.29 is 9.59 Å². The molecule has 0 radical (unpaired) electrons. The molecule has 2 aromatic carbocycles. The van der Waals surface area contributed by atoms with Crippen molar-refractivity contribution in [3.8, 4) is 0 Å². The average molecular weight is 357 g/mol. The Balaban J connectivity index is 1.75. The van der Waals surface area contributed by atoms with E-state index in [-0.39, 0.29) is 24.2 Å². The van der Waals surface area contributed by atoms with Crippen LogP contribution in [0.4, 0.5) is 11.4 Å². The van der Waals surface area contributed by atoms with Crippen LogP contribution in [-0.2, 0) is 9.59 Å². The summed E-state index contributed by atoms with van der Waals surface area (Å²) < 4.78 is 0. The highest BCUT2D eigenvalue weighted by Gasteiger charge is 2.35. The number of carbonyl (C=O) groups excluding carboxylic acids is 2. The third-order valence-corrected chi connectivity index (χ3v) is 4.95. The molecule has 0 saturated carbocycles. The summed E-state index contributed by atoms with van der Waals surface area (Å²) in [7, 11) is 0. The molecule has 0 aromatic heterocycles.